The van der Waals surface area contributed by atoms with Gasteiger partial charge in [-0.1, -0.05) is 6.92 Å². The lowest BCUT2D eigenvalue weighted by Crippen LogP contribution is -2.59. The molecule has 2 rings (SSSR count). The van der Waals surface area contributed by atoms with Gasteiger partial charge in [-0.05, 0) is 58.3 Å². The van der Waals surface area contributed by atoms with Gasteiger partial charge in [0.1, 0.15) is 5.60 Å². The first-order valence-electron chi connectivity index (χ1n) is 7.46. The molecule has 0 unspecified atom stereocenters. The Morgan fingerprint density at radius 2 is 1.79 bits per heavy atom. The molecule has 110 valence electrons. The van der Waals surface area contributed by atoms with Gasteiger partial charge in [0.05, 0.1) is 0 Å². The van der Waals surface area contributed by atoms with E-state index in [9.17, 15) is 4.79 Å². The summed E-state index contributed by atoms with van der Waals surface area (Å²) in [5, 5.41) is 0. The standard InChI is InChI=1S/C15H28N2O2/c1-11-9-15(16,10-11)12-5-7-17(8-6-12)13(18)19-14(2,3)4/h11-12H,5-10,16H2,1-4H3. The van der Waals surface area contributed by atoms with Crippen LogP contribution in [-0.4, -0.2) is 35.2 Å². The lowest BCUT2D eigenvalue weighted by molar-refractivity contribution is 0.00462. The first kappa shape index (κ1) is 14.6. The maximum Gasteiger partial charge on any atom is 0.410 e. The van der Waals surface area contributed by atoms with Gasteiger partial charge in [-0.15, -0.1) is 0 Å². The summed E-state index contributed by atoms with van der Waals surface area (Å²) in [4.78, 5) is 13.8. The number of carbonyl (C=O) groups is 1. The van der Waals surface area contributed by atoms with Gasteiger partial charge in [-0.3, -0.25) is 0 Å². The van der Waals surface area contributed by atoms with Gasteiger partial charge in [0.15, 0.2) is 0 Å². The Bertz CT molecular complexity index is 335. The Morgan fingerprint density at radius 1 is 1.26 bits per heavy atom. The minimum absolute atomic E-state index is 0.0411. The Hall–Kier alpha value is -0.770. The van der Waals surface area contributed by atoms with Crippen molar-refractivity contribution in [2.24, 2.45) is 17.6 Å². The number of piperidine rings is 1. The first-order chi connectivity index (χ1) is 8.70. The number of nitrogens with zero attached hydrogens (tertiary/aromatic N) is 1. The van der Waals surface area contributed by atoms with Gasteiger partial charge in [-0.25, -0.2) is 4.79 Å². The van der Waals surface area contributed by atoms with Crippen LogP contribution >= 0.6 is 0 Å². The fourth-order valence-corrected chi connectivity index (χ4v) is 3.53. The Morgan fingerprint density at radius 3 is 2.21 bits per heavy atom. The molecule has 1 heterocycles. The molecule has 0 atom stereocenters. The number of rotatable bonds is 1. The van der Waals surface area contributed by atoms with Crippen molar-refractivity contribution in [3.8, 4) is 0 Å². The molecule has 2 N–H and O–H groups in total. The summed E-state index contributed by atoms with van der Waals surface area (Å²) < 4.78 is 5.41. The van der Waals surface area contributed by atoms with Crippen LogP contribution in [0.1, 0.15) is 53.4 Å². The highest BCUT2D eigenvalue weighted by Gasteiger charge is 2.45. The molecule has 0 aromatic heterocycles. The van der Waals surface area contributed by atoms with Crippen LogP contribution in [0, 0.1) is 11.8 Å². The van der Waals surface area contributed by atoms with Crippen molar-refractivity contribution in [2.75, 3.05) is 13.1 Å². The number of likely N-dealkylation sites (tertiary alicyclic amines) is 1. The minimum atomic E-state index is -0.410. The highest BCUT2D eigenvalue weighted by atomic mass is 16.6. The summed E-state index contributed by atoms with van der Waals surface area (Å²) in [5.74, 6) is 1.34. The monoisotopic (exact) mass is 268 g/mol. The van der Waals surface area contributed by atoms with Crippen LogP contribution in [0.3, 0.4) is 0 Å². The molecule has 4 nitrogen and oxygen atoms in total. The van der Waals surface area contributed by atoms with Gasteiger partial charge in [0.25, 0.3) is 0 Å². The predicted molar refractivity (Wildman–Crippen MR) is 75.8 cm³/mol. The third-order valence-corrected chi connectivity index (χ3v) is 4.42. The molecule has 1 saturated heterocycles. The molecular formula is C15H28N2O2. The van der Waals surface area contributed by atoms with Crippen LogP contribution in [0.25, 0.3) is 0 Å². The van der Waals surface area contributed by atoms with E-state index in [0.29, 0.717) is 5.92 Å². The van der Waals surface area contributed by atoms with Crippen molar-refractivity contribution in [3.05, 3.63) is 0 Å². The Labute approximate surface area is 116 Å². The molecule has 2 fully saturated rings. The molecule has 0 aromatic rings. The quantitative estimate of drug-likeness (QED) is 0.795. The van der Waals surface area contributed by atoms with E-state index in [1.54, 1.807) is 0 Å². The fourth-order valence-electron chi connectivity index (χ4n) is 3.53. The fraction of sp³-hybridized carbons (Fsp3) is 0.933. The maximum absolute atomic E-state index is 12.0. The van der Waals surface area contributed by atoms with Crippen molar-refractivity contribution in [2.45, 2.75) is 64.5 Å². The van der Waals surface area contributed by atoms with Crippen molar-refractivity contribution in [3.63, 3.8) is 0 Å². The summed E-state index contributed by atoms with van der Waals surface area (Å²) in [6.07, 6.45) is 4.14. The second kappa shape index (κ2) is 4.97. The third-order valence-electron chi connectivity index (χ3n) is 4.42. The average Bonchev–Trinajstić information content (AvgIpc) is 2.25. The molecule has 1 saturated carbocycles. The molecule has 0 spiro atoms. The molecule has 2 aliphatic rings. The number of hydrogen-bond donors (Lipinski definition) is 1. The van der Waals surface area contributed by atoms with E-state index in [0.717, 1.165) is 44.7 Å². The summed E-state index contributed by atoms with van der Waals surface area (Å²) in [5.41, 5.74) is 6.09. The zero-order valence-corrected chi connectivity index (χ0v) is 12.7. The first-order valence-corrected chi connectivity index (χ1v) is 7.46. The summed E-state index contributed by atoms with van der Waals surface area (Å²) in [7, 11) is 0. The molecule has 4 heteroatoms. The van der Waals surface area contributed by atoms with E-state index < -0.39 is 5.60 Å². The third kappa shape index (κ3) is 3.41. The molecule has 1 amide bonds. The van der Waals surface area contributed by atoms with Crippen molar-refractivity contribution in [1.82, 2.24) is 4.90 Å². The average molecular weight is 268 g/mol. The zero-order chi connectivity index (χ0) is 14.3. The number of nitrogens with two attached hydrogens (primary N) is 1. The van der Waals surface area contributed by atoms with E-state index in [4.69, 9.17) is 10.5 Å². The molecule has 19 heavy (non-hydrogen) atoms. The maximum atomic E-state index is 12.0. The SMILES string of the molecule is CC1CC(N)(C2CCN(C(=O)OC(C)(C)C)CC2)C1. The van der Waals surface area contributed by atoms with Gasteiger partial charge < -0.3 is 15.4 Å². The lowest BCUT2D eigenvalue weighted by atomic mass is 9.61. The number of carbonyl (C=O) groups excluding carboxylic acids is 1. The highest BCUT2D eigenvalue weighted by molar-refractivity contribution is 5.68. The lowest BCUT2D eigenvalue weighted by Gasteiger charge is -2.51. The van der Waals surface area contributed by atoms with E-state index in [2.05, 4.69) is 6.92 Å². The smallest absolute Gasteiger partial charge is 0.410 e. The van der Waals surface area contributed by atoms with Crippen LogP contribution < -0.4 is 5.73 Å². The number of ether oxygens (including phenoxy) is 1. The summed E-state index contributed by atoms with van der Waals surface area (Å²) in [6.45, 7) is 9.55. The number of amides is 1. The molecule has 1 aliphatic heterocycles. The normalized spacial score (nSPS) is 32.9. The van der Waals surface area contributed by atoms with Crippen molar-refractivity contribution >= 4 is 6.09 Å². The van der Waals surface area contributed by atoms with E-state index in [1.807, 2.05) is 25.7 Å². The minimum Gasteiger partial charge on any atom is -0.444 e. The largest absolute Gasteiger partial charge is 0.444 e. The topological polar surface area (TPSA) is 55.6 Å². The van der Waals surface area contributed by atoms with E-state index in [-0.39, 0.29) is 11.6 Å². The van der Waals surface area contributed by atoms with E-state index in [1.165, 1.54) is 0 Å². The highest BCUT2D eigenvalue weighted by Crippen LogP contribution is 2.44. The summed E-state index contributed by atoms with van der Waals surface area (Å²) in [6, 6.07) is 0. The molecule has 0 bridgehead atoms. The molecule has 0 radical (unpaired) electrons. The van der Waals surface area contributed by atoms with Gasteiger partial charge in [-0.2, -0.15) is 0 Å². The zero-order valence-electron chi connectivity index (χ0n) is 12.7. The van der Waals surface area contributed by atoms with Crippen molar-refractivity contribution in [1.29, 1.82) is 0 Å². The van der Waals surface area contributed by atoms with Crippen LogP contribution in [0.5, 0.6) is 0 Å². The summed E-state index contributed by atoms with van der Waals surface area (Å²) >= 11 is 0. The second-order valence-corrected chi connectivity index (χ2v) is 7.49. The number of hydrogen-bond acceptors (Lipinski definition) is 3. The van der Waals surface area contributed by atoms with E-state index >= 15 is 0 Å². The second-order valence-electron chi connectivity index (χ2n) is 7.49. The Kier molecular flexibility index (Phi) is 3.83. The van der Waals surface area contributed by atoms with Crippen LogP contribution in [0.4, 0.5) is 4.79 Å². The van der Waals surface area contributed by atoms with Crippen LogP contribution in [0.2, 0.25) is 0 Å². The Balaban J connectivity index is 1.81. The van der Waals surface area contributed by atoms with Crippen LogP contribution in [-0.2, 0) is 4.74 Å². The van der Waals surface area contributed by atoms with Crippen LogP contribution in [0.15, 0.2) is 0 Å². The van der Waals surface area contributed by atoms with Gasteiger partial charge in [0, 0.05) is 18.6 Å². The molecular weight excluding hydrogens is 240 g/mol. The molecule has 1 aliphatic carbocycles. The van der Waals surface area contributed by atoms with Crippen molar-refractivity contribution < 1.29 is 9.53 Å². The molecule has 0 aromatic carbocycles. The predicted octanol–water partition coefficient (Wildman–Crippen LogP) is 2.76. The van der Waals surface area contributed by atoms with Gasteiger partial charge >= 0.3 is 6.09 Å². The van der Waals surface area contributed by atoms with Gasteiger partial charge in [0.2, 0.25) is 0 Å².